The first-order valence-corrected chi connectivity index (χ1v) is 14.2. The van der Waals surface area contributed by atoms with Crippen LogP contribution in [0.5, 0.6) is 0 Å². The van der Waals surface area contributed by atoms with E-state index in [0.29, 0.717) is 0 Å². The molecule has 4 aliphatic rings. The van der Waals surface area contributed by atoms with Crippen LogP contribution in [0.3, 0.4) is 0 Å². The van der Waals surface area contributed by atoms with Crippen LogP contribution in [0.1, 0.15) is 18.1 Å². The SMILES string of the molecule is C=N[C@@H]1C2OC[C@@H](O2)C(O[C@@H]2OC(C(=O)OC)[C@]3(O)C(OCc4ccccc4)C3C2OCc2ccccc2)C1OC(C)=O. The van der Waals surface area contributed by atoms with Gasteiger partial charge in [0, 0.05) is 6.92 Å². The molecule has 2 aromatic carbocycles. The number of esters is 2. The average Bonchev–Trinajstić information content (AvgIpc) is 3.39. The summed E-state index contributed by atoms with van der Waals surface area (Å²) in [7, 11) is 1.21. The van der Waals surface area contributed by atoms with Crippen molar-refractivity contribution < 1.29 is 52.6 Å². The van der Waals surface area contributed by atoms with Gasteiger partial charge in [-0.3, -0.25) is 9.79 Å². The van der Waals surface area contributed by atoms with Crippen LogP contribution in [0.15, 0.2) is 65.7 Å². The number of carbonyl (C=O) groups is 2. The fourth-order valence-electron chi connectivity index (χ4n) is 6.24. The monoisotopic (exact) mass is 597 g/mol. The molecule has 2 aromatic rings. The summed E-state index contributed by atoms with van der Waals surface area (Å²) < 4.78 is 47.6. The number of benzene rings is 2. The van der Waals surface area contributed by atoms with Crippen LogP contribution in [-0.2, 0) is 60.7 Å². The van der Waals surface area contributed by atoms with Crippen LogP contribution in [-0.4, -0.2) is 98.3 Å². The van der Waals surface area contributed by atoms with E-state index in [1.807, 2.05) is 60.7 Å². The topological polar surface area (TPSA) is 141 Å². The molecule has 11 atom stereocenters. The Morgan fingerprint density at radius 1 is 0.977 bits per heavy atom. The highest BCUT2D eigenvalue weighted by Gasteiger charge is 2.79. The number of ether oxygens (including phenoxy) is 8. The number of aliphatic imine (C=N–C) groups is 1. The molecule has 3 heterocycles. The highest BCUT2D eigenvalue weighted by molar-refractivity contribution is 5.78. The van der Waals surface area contributed by atoms with Gasteiger partial charge in [-0.25, -0.2) is 4.79 Å². The van der Waals surface area contributed by atoms with Gasteiger partial charge in [0.2, 0.25) is 0 Å². The molecule has 43 heavy (non-hydrogen) atoms. The molecule has 0 amide bonds. The van der Waals surface area contributed by atoms with Crippen LogP contribution in [0.25, 0.3) is 0 Å². The molecule has 0 spiro atoms. The van der Waals surface area contributed by atoms with Gasteiger partial charge in [0.1, 0.15) is 30.0 Å². The number of nitrogens with zero attached hydrogens (tertiary/aromatic N) is 1. The Kier molecular flexibility index (Phi) is 8.60. The number of hydrogen-bond acceptors (Lipinski definition) is 12. The summed E-state index contributed by atoms with van der Waals surface area (Å²) in [6.45, 7) is 5.41. The van der Waals surface area contributed by atoms with E-state index in [1.165, 1.54) is 14.0 Å². The molecule has 6 rings (SSSR count). The minimum absolute atomic E-state index is 0.151. The first-order valence-electron chi connectivity index (χ1n) is 14.2. The van der Waals surface area contributed by atoms with Gasteiger partial charge < -0.3 is 43.0 Å². The molecule has 230 valence electrons. The van der Waals surface area contributed by atoms with Crippen LogP contribution < -0.4 is 0 Å². The van der Waals surface area contributed by atoms with Gasteiger partial charge in [-0.15, -0.1) is 0 Å². The molecule has 1 aliphatic carbocycles. The van der Waals surface area contributed by atoms with E-state index in [-0.39, 0.29) is 19.8 Å². The molecule has 4 fully saturated rings. The third-order valence-electron chi connectivity index (χ3n) is 8.34. The summed E-state index contributed by atoms with van der Waals surface area (Å²) in [5.41, 5.74) is 0.0278. The lowest BCUT2D eigenvalue weighted by atomic mass is 9.97. The van der Waals surface area contributed by atoms with Gasteiger partial charge in [0.05, 0.1) is 39.0 Å². The van der Waals surface area contributed by atoms with Gasteiger partial charge in [0.15, 0.2) is 24.8 Å². The normalized spacial score (nSPS) is 37.7. The van der Waals surface area contributed by atoms with E-state index in [2.05, 4.69) is 11.7 Å². The smallest absolute Gasteiger partial charge is 0.338 e. The number of hydrogen-bond donors (Lipinski definition) is 1. The Morgan fingerprint density at radius 3 is 2.23 bits per heavy atom. The second kappa shape index (κ2) is 12.4. The van der Waals surface area contributed by atoms with Crippen molar-refractivity contribution in [1.29, 1.82) is 0 Å². The fraction of sp³-hybridized carbons (Fsp3) is 0.516. The number of methoxy groups -OCH3 is 1. The number of fused-ring (bicyclic) bond motifs is 3. The first-order chi connectivity index (χ1) is 20.8. The quantitative estimate of drug-likeness (QED) is 0.298. The summed E-state index contributed by atoms with van der Waals surface area (Å²) in [4.78, 5) is 29.2. The summed E-state index contributed by atoms with van der Waals surface area (Å²) >= 11 is 0. The minimum Gasteiger partial charge on any atom is -0.467 e. The standard InChI is InChI=1S/C31H35NO11/c1-17(33)40-25-22(32-2)29-39-16-20(41-29)23(25)42-30-24(37-14-18-10-6-4-7-11-18)21-26(38-15-19-12-8-5-9-13-19)31(21,35)27(43-30)28(34)36-3/h4-13,20-27,29-30,35H,2,14-16H2,1,3H3/t20-,21?,22+,23?,24?,25?,26?,27?,29?,30-,31-/m1/s1. The number of rotatable bonds is 11. The molecule has 0 aromatic heterocycles. The largest absolute Gasteiger partial charge is 0.467 e. The minimum atomic E-state index is -1.74. The van der Waals surface area contributed by atoms with Gasteiger partial charge in [-0.2, -0.15) is 0 Å². The molecule has 3 saturated heterocycles. The van der Waals surface area contributed by atoms with Crippen LogP contribution in [0, 0.1) is 5.92 Å². The van der Waals surface area contributed by atoms with Crippen molar-refractivity contribution in [3.05, 3.63) is 71.8 Å². The first kappa shape index (κ1) is 29.8. The second-order valence-electron chi connectivity index (χ2n) is 11.0. The summed E-state index contributed by atoms with van der Waals surface area (Å²) in [5.74, 6) is -2.06. The maximum atomic E-state index is 13.0. The maximum absolute atomic E-state index is 13.0. The van der Waals surface area contributed by atoms with Crippen molar-refractivity contribution >= 4 is 18.7 Å². The second-order valence-corrected chi connectivity index (χ2v) is 11.0. The predicted octanol–water partition coefficient (Wildman–Crippen LogP) is 1.56. The van der Waals surface area contributed by atoms with Crippen LogP contribution >= 0.6 is 0 Å². The van der Waals surface area contributed by atoms with Crippen molar-refractivity contribution in [3.8, 4) is 0 Å². The molecule has 1 saturated carbocycles. The lowest BCUT2D eigenvalue weighted by molar-refractivity contribution is -0.315. The molecule has 2 bridgehead atoms. The third kappa shape index (κ3) is 5.72. The van der Waals surface area contributed by atoms with E-state index in [1.54, 1.807) is 0 Å². The van der Waals surface area contributed by atoms with Crippen molar-refractivity contribution in [2.75, 3.05) is 13.7 Å². The van der Waals surface area contributed by atoms with E-state index >= 15 is 0 Å². The predicted molar refractivity (Wildman–Crippen MR) is 148 cm³/mol. The van der Waals surface area contributed by atoms with Gasteiger partial charge >= 0.3 is 11.9 Å². The van der Waals surface area contributed by atoms with Gasteiger partial charge in [0.25, 0.3) is 0 Å². The molecule has 12 nitrogen and oxygen atoms in total. The Hall–Kier alpha value is -3.23. The zero-order valence-corrected chi connectivity index (χ0v) is 23.9. The summed E-state index contributed by atoms with van der Waals surface area (Å²) in [5, 5.41) is 11.9. The van der Waals surface area contributed by atoms with E-state index in [4.69, 9.17) is 37.9 Å². The Labute approximate surface area is 248 Å². The summed E-state index contributed by atoms with van der Waals surface area (Å²) in [6, 6.07) is 18.2. The highest BCUT2D eigenvalue weighted by atomic mass is 16.8. The number of aliphatic hydroxyl groups is 1. The molecule has 7 unspecified atom stereocenters. The van der Waals surface area contributed by atoms with Crippen LogP contribution in [0.4, 0.5) is 0 Å². The molecule has 3 aliphatic heterocycles. The van der Waals surface area contributed by atoms with Crippen molar-refractivity contribution in [2.24, 2.45) is 10.9 Å². The molecule has 12 heteroatoms. The molecular formula is C31H35NO11. The Balaban J connectivity index is 1.31. The maximum Gasteiger partial charge on any atom is 0.338 e. The van der Waals surface area contributed by atoms with E-state index < -0.39 is 78.7 Å². The van der Waals surface area contributed by atoms with E-state index in [0.717, 1.165) is 11.1 Å². The van der Waals surface area contributed by atoms with Crippen molar-refractivity contribution in [3.63, 3.8) is 0 Å². The third-order valence-corrected chi connectivity index (χ3v) is 8.34. The zero-order chi connectivity index (χ0) is 30.1. The molecule has 0 radical (unpaired) electrons. The van der Waals surface area contributed by atoms with Gasteiger partial charge in [-0.1, -0.05) is 60.7 Å². The van der Waals surface area contributed by atoms with E-state index in [9.17, 15) is 14.7 Å². The van der Waals surface area contributed by atoms with Crippen molar-refractivity contribution in [1.82, 2.24) is 0 Å². The van der Waals surface area contributed by atoms with Gasteiger partial charge in [-0.05, 0) is 17.8 Å². The highest BCUT2D eigenvalue weighted by Crippen LogP contribution is 2.58. The zero-order valence-electron chi connectivity index (χ0n) is 23.9. The lowest BCUT2D eigenvalue weighted by Crippen LogP contribution is -2.60. The molecular weight excluding hydrogens is 562 g/mol. The van der Waals surface area contributed by atoms with Crippen molar-refractivity contribution in [2.45, 2.75) is 81.0 Å². The van der Waals surface area contributed by atoms with Crippen LogP contribution in [0.2, 0.25) is 0 Å². The fourth-order valence-corrected chi connectivity index (χ4v) is 6.24. The summed E-state index contributed by atoms with van der Waals surface area (Å²) in [6.07, 6.45) is -7.62. The average molecular weight is 598 g/mol. The molecule has 1 N–H and O–H groups in total. The number of carbonyl (C=O) groups excluding carboxylic acids is 2. The Bertz CT molecular complexity index is 1300. The Morgan fingerprint density at radius 2 is 1.63 bits per heavy atom. The lowest BCUT2D eigenvalue weighted by Gasteiger charge is -2.43.